The molecule has 8 heavy (non-hydrogen) atoms. The Kier molecular flexibility index (Phi) is 2.34. The van der Waals surface area contributed by atoms with Crippen LogP contribution in [0.3, 0.4) is 0 Å². The van der Waals surface area contributed by atoms with Crippen molar-refractivity contribution in [3.8, 4) is 0 Å². The van der Waals surface area contributed by atoms with E-state index in [1.165, 1.54) is 0 Å². The lowest BCUT2D eigenvalue weighted by Crippen LogP contribution is -2.17. The average molecular weight is 195 g/mol. The van der Waals surface area contributed by atoms with Gasteiger partial charge in [-0.3, -0.25) is 4.99 Å². The third-order valence-corrected chi connectivity index (χ3v) is 2.74. The fourth-order valence-corrected chi connectivity index (χ4v) is 1.95. The van der Waals surface area contributed by atoms with Crippen molar-refractivity contribution in [2.24, 2.45) is 10.7 Å². The molecule has 1 heterocycles. The monoisotopic (exact) mass is 194 g/mol. The highest BCUT2D eigenvalue weighted by Gasteiger charge is 2.13. The van der Waals surface area contributed by atoms with Crippen LogP contribution in [0.2, 0.25) is 0 Å². The number of aliphatic imine (C=N–C) groups is 1. The van der Waals surface area contributed by atoms with Crippen LogP contribution in [0.15, 0.2) is 4.99 Å². The Bertz CT molecular complexity index is 115. The van der Waals surface area contributed by atoms with Gasteiger partial charge >= 0.3 is 0 Å². The first kappa shape index (κ1) is 6.58. The number of hydrogen-bond donors (Lipinski definition) is 1. The molecular weight excluding hydrogens is 188 g/mol. The highest BCUT2D eigenvalue weighted by molar-refractivity contribution is 9.22. The summed E-state index contributed by atoms with van der Waals surface area (Å²) in [5.41, 5.74) is 5.35. The maximum Gasteiger partial charge on any atom is 0.134 e. The molecule has 0 aromatic carbocycles. The predicted molar refractivity (Wildman–Crippen MR) is 41.7 cm³/mol. The van der Waals surface area contributed by atoms with Crippen LogP contribution in [-0.2, 0) is 0 Å². The van der Waals surface area contributed by atoms with E-state index in [1.54, 1.807) is 11.8 Å². The summed E-state index contributed by atoms with van der Waals surface area (Å²) in [4.78, 5) is 4.18. The lowest BCUT2D eigenvalue weighted by Gasteiger charge is -1.95. The summed E-state index contributed by atoms with van der Waals surface area (Å²) in [6.45, 7) is 0.669. The van der Waals surface area contributed by atoms with Gasteiger partial charge in [0.25, 0.3) is 0 Å². The van der Waals surface area contributed by atoms with E-state index in [0.717, 1.165) is 9.71 Å². The standard InChI is InChI=1S/C4H7BrN2S/c5-4-7-3(1-6)2-8-4/h3H,1-2,6H2. The zero-order valence-corrected chi connectivity index (χ0v) is 6.70. The lowest BCUT2D eigenvalue weighted by molar-refractivity contribution is 0.778. The van der Waals surface area contributed by atoms with Gasteiger partial charge in [-0.2, -0.15) is 0 Å². The molecule has 1 atom stereocenters. The molecule has 0 spiro atoms. The van der Waals surface area contributed by atoms with Crippen LogP contribution in [-0.4, -0.2) is 22.3 Å². The first-order chi connectivity index (χ1) is 3.83. The maximum atomic E-state index is 5.35. The van der Waals surface area contributed by atoms with E-state index in [-0.39, 0.29) is 0 Å². The van der Waals surface area contributed by atoms with Gasteiger partial charge in [-0.05, 0) is 15.9 Å². The molecule has 46 valence electrons. The second kappa shape index (κ2) is 2.85. The summed E-state index contributed by atoms with van der Waals surface area (Å²) in [5.74, 6) is 1.04. The predicted octanol–water partition coefficient (Wildman–Crippen LogP) is 0.811. The summed E-state index contributed by atoms with van der Waals surface area (Å²) < 4.78 is 0.993. The van der Waals surface area contributed by atoms with Crippen LogP contribution in [0.1, 0.15) is 0 Å². The highest BCUT2D eigenvalue weighted by atomic mass is 79.9. The molecule has 0 aliphatic carbocycles. The van der Waals surface area contributed by atoms with Crippen molar-refractivity contribution >= 4 is 31.6 Å². The molecule has 2 N–H and O–H groups in total. The molecule has 0 fully saturated rings. The van der Waals surface area contributed by atoms with Gasteiger partial charge in [0.2, 0.25) is 0 Å². The fourth-order valence-electron chi connectivity index (χ4n) is 0.504. The van der Waals surface area contributed by atoms with Gasteiger partial charge in [0.05, 0.1) is 6.04 Å². The van der Waals surface area contributed by atoms with E-state index >= 15 is 0 Å². The third kappa shape index (κ3) is 1.47. The minimum atomic E-state index is 0.356. The Morgan fingerprint density at radius 3 is 3.00 bits per heavy atom. The smallest absolute Gasteiger partial charge is 0.134 e. The molecule has 1 aliphatic rings. The third-order valence-electron chi connectivity index (χ3n) is 0.951. The molecule has 1 rings (SSSR count). The zero-order chi connectivity index (χ0) is 5.98. The molecule has 1 aliphatic heterocycles. The van der Waals surface area contributed by atoms with E-state index < -0.39 is 0 Å². The lowest BCUT2D eigenvalue weighted by atomic mass is 10.4. The van der Waals surface area contributed by atoms with E-state index in [2.05, 4.69) is 20.9 Å². The molecule has 2 nitrogen and oxygen atoms in total. The van der Waals surface area contributed by atoms with Crippen LogP contribution >= 0.6 is 27.7 Å². The number of thioether (sulfide) groups is 1. The summed E-state index contributed by atoms with van der Waals surface area (Å²) >= 11 is 4.99. The molecule has 0 radical (unpaired) electrons. The van der Waals surface area contributed by atoms with Crippen LogP contribution in [0, 0.1) is 0 Å². The maximum absolute atomic E-state index is 5.35. The van der Waals surface area contributed by atoms with Crippen molar-refractivity contribution in [2.75, 3.05) is 12.3 Å². The minimum Gasteiger partial charge on any atom is -0.328 e. The van der Waals surface area contributed by atoms with E-state index in [9.17, 15) is 0 Å². The molecule has 0 saturated carbocycles. The quantitative estimate of drug-likeness (QED) is 0.672. The van der Waals surface area contributed by atoms with E-state index in [4.69, 9.17) is 5.73 Å². The van der Waals surface area contributed by atoms with Crippen molar-refractivity contribution in [2.45, 2.75) is 6.04 Å². The van der Waals surface area contributed by atoms with Crippen LogP contribution < -0.4 is 5.73 Å². The van der Waals surface area contributed by atoms with Crippen molar-refractivity contribution in [3.63, 3.8) is 0 Å². The summed E-state index contributed by atoms with van der Waals surface area (Å²) in [5, 5.41) is 0. The van der Waals surface area contributed by atoms with Gasteiger partial charge in [-0.1, -0.05) is 11.8 Å². The first-order valence-electron chi connectivity index (χ1n) is 2.39. The molecule has 4 heteroatoms. The minimum absolute atomic E-state index is 0.356. The molecule has 0 aromatic rings. The van der Waals surface area contributed by atoms with Gasteiger partial charge in [0.15, 0.2) is 0 Å². The van der Waals surface area contributed by atoms with E-state index in [0.29, 0.717) is 12.6 Å². The molecule has 0 aromatic heterocycles. The zero-order valence-electron chi connectivity index (χ0n) is 4.30. The average Bonchev–Trinajstić information content (AvgIpc) is 2.14. The molecule has 0 saturated heterocycles. The Labute approximate surface area is 61.1 Å². The van der Waals surface area contributed by atoms with Crippen molar-refractivity contribution in [1.29, 1.82) is 0 Å². The number of hydrogen-bond acceptors (Lipinski definition) is 3. The normalized spacial score (nSPS) is 28.2. The summed E-state index contributed by atoms with van der Waals surface area (Å²) in [6.07, 6.45) is 0. The Balaban J connectivity index is 2.41. The van der Waals surface area contributed by atoms with E-state index in [1.807, 2.05) is 0 Å². The first-order valence-corrected chi connectivity index (χ1v) is 4.17. The number of nitrogens with two attached hydrogens (primary N) is 1. The van der Waals surface area contributed by atoms with Gasteiger partial charge in [-0.15, -0.1) is 0 Å². The Morgan fingerprint density at radius 2 is 2.75 bits per heavy atom. The van der Waals surface area contributed by atoms with Crippen LogP contribution in [0.25, 0.3) is 0 Å². The Hall–Kier alpha value is 0.460. The van der Waals surface area contributed by atoms with Crippen molar-refractivity contribution in [1.82, 2.24) is 0 Å². The molecule has 1 unspecified atom stereocenters. The van der Waals surface area contributed by atoms with Crippen molar-refractivity contribution in [3.05, 3.63) is 0 Å². The topological polar surface area (TPSA) is 38.4 Å². The van der Waals surface area contributed by atoms with Gasteiger partial charge in [0, 0.05) is 12.3 Å². The fraction of sp³-hybridized carbons (Fsp3) is 0.750. The second-order valence-corrected chi connectivity index (χ2v) is 3.87. The van der Waals surface area contributed by atoms with Gasteiger partial charge < -0.3 is 5.73 Å². The molecule has 0 bridgehead atoms. The molecular formula is C4H7BrN2S. The SMILES string of the molecule is NCC1CSC(Br)=N1. The van der Waals surface area contributed by atoms with Gasteiger partial charge in [-0.25, -0.2) is 0 Å². The van der Waals surface area contributed by atoms with Gasteiger partial charge in [0.1, 0.15) is 3.95 Å². The number of halogens is 1. The largest absolute Gasteiger partial charge is 0.328 e. The number of nitrogens with zero attached hydrogens (tertiary/aromatic N) is 1. The molecule has 0 amide bonds. The van der Waals surface area contributed by atoms with Crippen LogP contribution in [0.5, 0.6) is 0 Å². The highest BCUT2D eigenvalue weighted by Crippen LogP contribution is 2.20. The second-order valence-electron chi connectivity index (χ2n) is 1.58. The summed E-state index contributed by atoms with van der Waals surface area (Å²) in [6, 6.07) is 0.356. The van der Waals surface area contributed by atoms with Crippen molar-refractivity contribution < 1.29 is 0 Å². The van der Waals surface area contributed by atoms with Crippen LogP contribution in [0.4, 0.5) is 0 Å². The Morgan fingerprint density at radius 1 is 2.00 bits per heavy atom. The summed E-state index contributed by atoms with van der Waals surface area (Å²) in [7, 11) is 0. The number of rotatable bonds is 1.